The Bertz CT molecular complexity index is 694. The predicted molar refractivity (Wildman–Crippen MR) is 83.2 cm³/mol. The van der Waals surface area contributed by atoms with Crippen molar-refractivity contribution in [1.82, 2.24) is 15.2 Å². The number of aromatic hydroxyl groups is 1. The molecule has 0 aliphatic carbocycles. The summed E-state index contributed by atoms with van der Waals surface area (Å²) in [5.41, 5.74) is 4.69. The zero-order chi connectivity index (χ0) is 15.4. The van der Waals surface area contributed by atoms with Crippen molar-refractivity contribution in [1.29, 1.82) is 0 Å². The molecule has 1 amide bonds. The van der Waals surface area contributed by atoms with Gasteiger partial charge in [0.2, 0.25) is 0 Å². The lowest BCUT2D eigenvalue weighted by atomic mass is 10.2. The SMILES string of the molecule is Cc1cc(C)n(CC(=O)NN=Cc2cc(Br)ccc2O)n1. The molecule has 6 nitrogen and oxygen atoms in total. The highest BCUT2D eigenvalue weighted by Crippen LogP contribution is 2.19. The van der Waals surface area contributed by atoms with Crippen molar-refractivity contribution >= 4 is 28.1 Å². The smallest absolute Gasteiger partial charge is 0.261 e. The van der Waals surface area contributed by atoms with Gasteiger partial charge in [0.25, 0.3) is 5.91 Å². The molecule has 0 saturated carbocycles. The molecule has 2 aromatic rings. The molecule has 21 heavy (non-hydrogen) atoms. The number of rotatable bonds is 4. The molecular formula is C14H15BrN4O2. The van der Waals surface area contributed by atoms with Gasteiger partial charge in [0, 0.05) is 15.7 Å². The van der Waals surface area contributed by atoms with Gasteiger partial charge in [-0.2, -0.15) is 10.2 Å². The highest BCUT2D eigenvalue weighted by atomic mass is 79.9. The lowest BCUT2D eigenvalue weighted by Crippen LogP contribution is -2.24. The first-order chi connectivity index (χ1) is 9.95. The van der Waals surface area contributed by atoms with Crippen LogP contribution in [-0.2, 0) is 11.3 Å². The Balaban J connectivity index is 1.96. The Labute approximate surface area is 130 Å². The van der Waals surface area contributed by atoms with E-state index in [-0.39, 0.29) is 18.2 Å². The molecular weight excluding hydrogens is 336 g/mol. The van der Waals surface area contributed by atoms with E-state index < -0.39 is 0 Å². The number of carbonyl (C=O) groups is 1. The molecule has 2 N–H and O–H groups in total. The minimum absolute atomic E-state index is 0.0924. The van der Waals surface area contributed by atoms with Gasteiger partial charge in [0.1, 0.15) is 12.3 Å². The molecule has 0 radical (unpaired) electrons. The van der Waals surface area contributed by atoms with E-state index in [9.17, 15) is 9.90 Å². The number of hydrogen-bond acceptors (Lipinski definition) is 4. The van der Waals surface area contributed by atoms with E-state index in [0.29, 0.717) is 5.56 Å². The highest BCUT2D eigenvalue weighted by Gasteiger charge is 2.06. The predicted octanol–water partition coefficient (Wildman–Crippen LogP) is 2.12. The summed E-state index contributed by atoms with van der Waals surface area (Å²) >= 11 is 3.30. The molecule has 0 aliphatic heterocycles. The number of hydrogen-bond donors (Lipinski definition) is 2. The average Bonchev–Trinajstić information content (AvgIpc) is 2.72. The number of amides is 1. The quantitative estimate of drug-likeness (QED) is 0.654. The average molecular weight is 351 g/mol. The van der Waals surface area contributed by atoms with E-state index in [0.717, 1.165) is 15.9 Å². The van der Waals surface area contributed by atoms with Gasteiger partial charge in [0.15, 0.2) is 0 Å². The van der Waals surface area contributed by atoms with Gasteiger partial charge >= 0.3 is 0 Å². The third-order valence-corrected chi connectivity index (χ3v) is 3.27. The molecule has 7 heteroatoms. The number of aromatic nitrogens is 2. The summed E-state index contributed by atoms with van der Waals surface area (Å²) in [5, 5.41) is 17.7. The molecule has 110 valence electrons. The number of carbonyl (C=O) groups excluding carboxylic acids is 1. The van der Waals surface area contributed by atoms with Crippen LogP contribution in [0.2, 0.25) is 0 Å². The molecule has 0 bridgehead atoms. The summed E-state index contributed by atoms with van der Waals surface area (Å²) in [6.45, 7) is 3.85. The Morgan fingerprint density at radius 1 is 1.48 bits per heavy atom. The number of halogens is 1. The van der Waals surface area contributed by atoms with Crippen molar-refractivity contribution in [3.8, 4) is 5.75 Å². The van der Waals surface area contributed by atoms with Crippen molar-refractivity contribution < 1.29 is 9.90 Å². The van der Waals surface area contributed by atoms with E-state index in [1.165, 1.54) is 6.21 Å². The summed E-state index contributed by atoms with van der Waals surface area (Å²) in [6.07, 6.45) is 1.39. The molecule has 0 fully saturated rings. The molecule has 0 aliphatic rings. The van der Waals surface area contributed by atoms with Crippen LogP contribution < -0.4 is 5.43 Å². The molecule has 1 aromatic heterocycles. The highest BCUT2D eigenvalue weighted by molar-refractivity contribution is 9.10. The van der Waals surface area contributed by atoms with E-state index in [1.807, 2.05) is 19.9 Å². The van der Waals surface area contributed by atoms with Crippen molar-refractivity contribution in [3.63, 3.8) is 0 Å². The second-order valence-corrected chi connectivity index (χ2v) is 5.50. The first-order valence-electron chi connectivity index (χ1n) is 6.27. The van der Waals surface area contributed by atoms with Gasteiger partial charge in [-0.15, -0.1) is 0 Å². The van der Waals surface area contributed by atoms with E-state index in [4.69, 9.17) is 0 Å². The Kier molecular flexibility index (Phi) is 4.74. The zero-order valence-electron chi connectivity index (χ0n) is 11.7. The van der Waals surface area contributed by atoms with Crippen LogP contribution in [0, 0.1) is 13.8 Å². The first kappa shape index (κ1) is 15.2. The van der Waals surface area contributed by atoms with Gasteiger partial charge in [-0.1, -0.05) is 15.9 Å². The van der Waals surface area contributed by atoms with Gasteiger partial charge in [-0.3, -0.25) is 9.48 Å². The van der Waals surface area contributed by atoms with E-state index >= 15 is 0 Å². The van der Waals surface area contributed by atoms with Crippen LogP contribution >= 0.6 is 15.9 Å². The summed E-state index contributed by atoms with van der Waals surface area (Å²) in [5.74, 6) is -0.193. The number of phenolic OH excluding ortho intramolecular Hbond substituents is 1. The number of phenols is 1. The summed E-state index contributed by atoms with van der Waals surface area (Å²) in [7, 11) is 0. The van der Waals surface area contributed by atoms with Crippen LogP contribution in [0.15, 0.2) is 33.8 Å². The molecule has 0 spiro atoms. The fourth-order valence-electron chi connectivity index (χ4n) is 1.81. The maximum absolute atomic E-state index is 11.8. The van der Waals surface area contributed by atoms with Crippen molar-refractivity contribution in [3.05, 3.63) is 45.7 Å². The maximum Gasteiger partial charge on any atom is 0.261 e. The number of aryl methyl sites for hydroxylation is 2. The Morgan fingerprint density at radius 3 is 2.90 bits per heavy atom. The number of benzene rings is 1. The van der Waals surface area contributed by atoms with Crippen LogP contribution in [0.25, 0.3) is 0 Å². The third-order valence-electron chi connectivity index (χ3n) is 2.78. The zero-order valence-corrected chi connectivity index (χ0v) is 13.3. The van der Waals surface area contributed by atoms with E-state index in [2.05, 4.69) is 31.6 Å². The number of nitrogens with zero attached hydrogens (tertiary/aromatic N) is 3. The lowest BCUT2D eigenvalue weighted by Gasteiger charge is -2.03. The maximum atomic E-state index is 11.8. The molecule has 1 aromatic carbocycles. The van der Waals surface area contributed by atoms with Crippen LogP contribution in [-0.4, -0.2) is 27.0 Å². The van der Waals surface area contributed by atoms with Crippen LogP contribution in [0.5, 0.6) is 5.75 Å². The molecule has 1 heterocycles. The first-order valence-corrected chi connectivity index (χ1v) is 7.06. The molecule has 0 atom stereocenters. The normalized spacial score (nSPS) is 11.0. The number of nitrogens with one attached hydrogen (secondary N) is 1. The van der Waals surface area contributed by atoms with Crippen molar-refractivity contribution in [2.45, 2.75) is 20.4 Å². The fourth-order valence-corrected chi connectivity index (χ4v) is 2.19. The fraction of sp³-hybridized carbons (Fsp3) is 0.214. The monoisotopic (exact) mass is 350 g/mol. The van der Waals surface area contributed by atoms with Gasteiger partial charge in [0.05, 0.1) is 11.9 Å². The van der Waals surface area contributed by atoms with E-state index in [1.54, 1.807) is 22.9 Å². The summed E-state index contributed by atoms with van der Waals surface area (Å²) < 4.78 is 2.42. The Hall–Kier alpha value is -2.15. The standard InChI is InChI=1S/C14H15BrN4O2/c1-9-5-10(2)19(18-9)8-14(21)17-16-7-11-6-12(15)3-4-13(11)20/h3-7,20H,8H2,1-2H3,(H,17,21). The summed E-state index contributed by atoms with van der Waals surface area (Å²) in [4.78, 5) is 11.8. The molecule has 0 saturated heterocycles. The minimum atomic E-state index is -0.285. The third kappa shape index (κ3) is 4.16. The Morgan fingerprint density at radius 2 is 2.24 bits per heavy atom. The van der Waals surface area contributed by atoms with Crippen LogP contribution in [0.1, 0.15) is 17.0 Å². The van der Waals surface area contributed by atoms with Crippen molar-refractivity contribution in [2.24, 2.45) is 5.10 Å². The van der Waals surface area contributed by atoms with Crippen LogP contribution in [0.4, 0.5) is 0 Å². The lowest BCUT2D eigenvalue weighted by molar-refractivity contribution is -0.121. The summed E-state index contributed by atoms with van der Waals surface area (Å²) in [6, 6.07) is 6.86. The minimum Gasteiger partial charge on any atom is -0.507 e. The van der Waals surface area contributed by atoms with Crippen LogP contribution in [0.3, 0.4) is 0 Å². The van der Waals surface area contributed by atoms with Gasteiger partial charge < -0.3 is 5.11 Å². The van der Waals surface area contributed by atoms with Gasteiger partial charge in [-0.05, 0) is 38.1 Å². The molecule has 2 rings (SSSR count). The largest absolute Gasteiger partial charge is 0.507 e. The second-order valence-electron chi connectivity index (χ2n) is 4.58. The van der Waals surface area contributed by atoms with Gasteiger partial charge in [-0.25, -0.2) is 5.43 Å². The number of hydrazone groups is 1. The van der Waals surface area contributed by atoms with Crippen molar-refractivity contribution in [2.75, 3.05) is 0 Å². The topological polar surface area (TPSA) is 79.5 Å². The molecule has 0 unspecified atom stereocenters. The second kappa shape index (κ2) is 6.53.